The number of hydrogen-bond acceptors (Lipinski definition) is 0. The summed E-state index contributed by atoms with van der Waals surface area (Å²) < 4.78 is 0. The predicted octanol–water partition coefficient (Wildman–Crippen LogP) is 7.21. The molecule has 0 saturated carbocycles. The van der Waals surface area contributed by atoms with E-state index < -0.39 is 0 Å². The first-order chi connectivity index (χ1) is 8.69. The van der Waals surface area contributed by atoms with E-state index in [1.807, 2.05) is 0 Å². The van der Waals surface area contributed by atoms with Crippen LogP contribution in [-0.2, 0) is 0 Å². The smallest absolute Gasteiger partial charge is 0.0175 e. The maximum atomic E-state index is 2.44. The Morgan fingerprint density at radius 2 is 0.947 bits per heavy atom. The molecule has 0 fully saturated rings. The van der Waals surface area contributed by atoms with Gasteiger partial charge >= 0.3 is 0 Å². The molecule has 0 spiro atoms. The molecule has 0 aliphatic heterocycles. The molecule has 0 aromatic rings. The quantitative estimate of drug-likeness (QED) is 0.310. The van der Waals surface area contributed by atoms with Gasteiger partial charge in [0.25, 0.3) is 0 Å². The third-order valence-corrected chi connectivity index (χ3v) is 7.86. The van der Waals surface area contributed by atoms with E-state index in [1.54, 1.807) is 0 Å². The van der Waals surface area contributed by atoms with Gasteiger partial charge in [-0.1, -0.05) is 101 Å². The molecule has 0 nitrogen and oxygen atoms in total. The summed E-state index contributed by atoms with van der Waals surface area (Å²) in [5.74, 6) is 0. The van der Waals surface area contributed by atoms with Gasteiger partial charge in [-0.15, -0.1) is 0 Å². The van der Waals surface area contributed by atoms with Crippen LogP contribution in [0.25, 0.3) is 0 Å². The van der Waals surface area contributed by atoms with Gasteiger partial charge in [-0.05, 0) is 22.9 Å². The molecule has 0 aromatic heterocycles. The zero-order valence-corrected chi connectivity index (χ0v) is 15.7. The Hall–Kier alpha value is 0.430. The second-order valence-electron chi connectivity index (χ2n) is 7.97. The molecule has 0 bridgehead atoms. The minimum atomic E-state index is 0.127. The van der Waals surface area contributed by atoms with E-state index in [0.717, 1.165) is 0 Å². The summed E-state index contributed by atoms with van der Waals surface area (Å²) >= 11 is 0. The average molecular weight is 286 g/mol. The molecule has 0 rings (SSSR count). The molecule has 0 atom stereocenters. The van der Waals surface area contributed by atoms with Crippen LogP contribution >= 0.6 is 7.92 Å². The Kier molecular flexibility index (Phi) is 9.59. The van der Waals surface area contributed by atoms with Crippen molar-refractivity contribution >= 4 is 7.92 Å². The molecule has 0 radical (unpaired) electrons. The molecule has 0 saturated heterocycles. The van der Waals surface area contributed by atoms with Crippen LogP contribution in [0.4, 0.5) is 0 Å². The monoisotopic (exact) mass is 286 g/mol. The lowest BCUT2D eigenvalue weighted by Gasteiger charge is -2.41. The summed E-state index contributed by atoms with van der Waals surface area (Å²) in [4.78, 5) is 0. The molecule has 0 aliphatic carbocycles. The van der Waals surface area contributed by atoms with Crippen LogP contribution < -0.4 is 0 Å². The summed E-state index contributed by atoms with van der Waals surface area (Å²) in [6.07, 6.45) is 13.0. The van der Waals surface area contributed by atoms with E-state index >= 15 is 0 Å². The van der Waals surface area contributed by atoms with Crippen LogP contribution in [-0.4, -0.2) is 16.5 Å². The third-order valence-electron chi connectivity index (χ3n) is 3.85. The van der Waals surface area contributed by atoms with Crippen LogP contribution in [0.15, 0.2) is 0 Å². The molecule has 116 valence electrons. The molecular formula is C18H39P. The van der Waals surface area contributed by atoms with Crippen molar-refractivity contribution in [2.75, 3.05) is 6.16 Å². The third kappa shape index (κ3) is 9.89. The first-order valence-electron chi connectivity index (χ1n) is 8.47. The molecule has 0 heterocycles. The summed E-state index contributed by atoms with van der Waals surface area (Å²) in [6.45, 7) is 16.9. The highest BCUT2D eigenvalue weighted by Gasteiger charge is 2.33. The van der Waals surface area contributed by atoms with Gasteiger partial charge in [0.2, 0.25) is 0 Å². The number of rotatable bonds is 9. The Labute approximate surface area is 124 Å². The maximum absolute atomic E-state index is 2.44. The van der Waals surface area contributed by atoms with Crippen molar-refractivity contribution in [1.29, 1.82) is 0 Å². The van der Waals surface area contributed by atoms with Crippen LogP contribution in [0.3, 0.4) is 0 Å². The van der Waals surface area contributed by atoms with Crippen molar-refractivity contribution in [2.45, 2.75) is 110 Å². The molecular weight excluding hydrogens is 247 g/mol. The lowest BCUT2D eigenvalue weighted by atomic mass is 10.1. The standard InChI is InChI=1S/C18H39P/c1-8-9-10-11-12-13-14-15-16-19(17(2,3)4)18(5,6)7/h8-16H2,1-7H3. The fraction of sp³-hybridized carbons (Fsp3) is 1.00. The average Bonchev–Trinajstić information content (AvgIpc) is 2.23. The number of unbranched alkanes of at least 4 members (excludes halogenated alkanes) is 7. The van der Waals surface area contributed by atoms with Crippen molar-refractivity contribution in [1.82, 2.24) is 0 Å². The molecule has 19 heavy (non-hydrogen) atoms. The normalized spacial score (nSPS) is 13.3. The van der Waals surface area contributed by atoms with E-state index in [9.17, 15) is 0 Å². The molecule has 0 N–H and O–H groups in total. The van der Waals surface area contributed by atoms with Gasteiger partial charge in [-0.2, -0.15) is 0 Å². The fourth-order valence-electron chi connectivity index (χ4n) is 3.08. The molecule has 0 aliphatic rings. The first kappa shape index (κ1) is 19.4. The molecule has 0 aromatic carbocycles. The Balaban J connectivity index is 3.78. The van der Waals surface area contributed by atoms with E-state index in [0.29, 0.717) is 10.3 Å². The lowest BCUT2D eigenvalue weighted by molar-refractivity contribution is 0.584. The summed E-state index contributed by atoms with van der Waals surface area (Å²) in [6, 6.07) is 0. The Morgan fingerprint density at radius 1 is 0.579 bits per heavy atom. The molecule has 0 amide bonds. The SMILES string of the molecule is CCCCCCCCCCP(C(C)(C)C)C(C)(C)C. The maximum Gasteiger partial charge on any atom is -0.0175 e. The summed E-state index contributed by atoms with van der Waals surface area (Å²) in [7, 11) is 0.127. The van der Waals surface area contributed by atoms with Crippen molar-refractivity contribution in [3.05, 3.63) is 0 Å². The molecule has 0 unspecified atom stereocenters. The highest BCUT2D eigenvalue weighted by molar-refractivity contribution is 7.60. The van der Waals surface area contributed by atoms with Gasteiger partial charge < -0.3 is 0 Å². The van der Waals surface area contributed by atoms with Crippen LogP contribution in [0.5, 0.6) is 0 Å². The highest BCUT2D eigenvalue weighted by atomic mass is 31.1. The minimum absolute atomic E-state index is 0.127. The Morgan fingerprint density at radius 3 is 1.32 bits per heavy atom. The van der Waals surface area contributed by atoms with Crippen molar-refractivity contribution in [3.63, 3.8) is 0 Å². The topological polar surface area (TPSA) is 0 Å². The predicted molar refractivity (Wildman–Crippen MR) is 93.9 cm³/mol. The second-order valence-corrected chi connectivity index (χ2v) is 12.0. The first-order valence-corrected chi connectivity index (χ1v) is 10.00. The zero-order valence-electron chi connectivity index (χ0n) is 14.8. The van der Waals surface area contributed by atoms with Crippen molar-refractivity contribution in [2.24, 2.45) is 0 Å². The minimum Gasteiger partial charge on any atom is -0.0956 e. The van der Waals surface area contributed by atoms with E-state index in [-0.39, 0.29) is 7.92 Å². The lowest BCUT2D eigenvalue weighted by Crippen LogP contribution is -2.26. The van der Waals surface area contributed by atoms with Crippen molar-refractivity contribution in [3.8, 4) is 0 Å². The fourth-order valence-corrected chi connectivity index (χ4v) is 6.97. The zero-order chi connectivity index (χ0) is 14.9. The largest absolute Gasteiger partial charge is 0.0956 e. The van der Waals surface area contributed by atoms with Gasteiger partial charge in [0.1, 0.15) is 0 Å². The Bertz CT molecular complexity index is 193. The van der Waals surface area contributed by atoms with Crippen molar-refractivity contribution < 1.29 is 0 Å². The molecule has 1 heteroatoms. The highest BCUT2D eigenvalue weighted by Crippen LogP contribution is 2.59. The van der Waals surface area contributed by atoms with Crippen LogP contribution in [0.2, 0.25) is 0 Å². The summed E-state index contributed by atoms with van der Waals surface area (Å²) in [5, 5.41) is 1.02. The van der Waals surface area contributed by atoms with Gasteiger partial charge in [0.15, 0.2) is 0 Å². The van der Waals surface area contributed by atoms with Crippen LogP contribution in [0.1, 0.15) is 99.8 Å². The second kappa shape index (κ2) is 9.38. The van der Waals surface area contributed by atoms with Gasteiger partial charge in [0.05, 0.1) is 0 Å². The van der Waals surface area contributed by atoms with E-state index in [4.69, 9.17) is 0 Å². The van der Waals surface area contributed by atoms with Gasteiger partial charge in [-0.3, -0.25) is 0 Å². The number of hydrogen-bond donors (Lipinski definition) is 0. The summed E-state index contributed by atoms with van der Waals surface area (Å²) in [5.41, 5.74) is 0. The van der Waals surface area contributed by atoms with Gasteiger partial charge in [-0.25, -0.2) is 0 Å². The van der Waals surface area contributed by atoms with E-state index in [2.05, 4.69) is 48.5 Å². The van der Waals surface area contributed by atoms with E-state index in [1.165, 1.54) is 57.5 Å². The van der Waals surface area contributed by atoms with Crippen LogP contribution in [0, 0.1) is 0 Å². The van der Waals surface area contributed by atoms with Gasteiger partial charge in [0, 0.05) is 0 Å².